The van der Waals surface area contributed by atoms with Crippen molar-refractivity contribution in [2.45, 2.75) is 0 Å². The fourth-order valence-electron chi connectivity index (χ4n) is 0.534. The van der Waals surface area contributed by atoms with Gasteiger partial charge in [0.15, 0.2) is 0 Å². The number of hydrogen-bond acceptors (Lipinski definition) is 0. The van der Waals surface area contributed by atoms with Gasteiger partial charge in [-0.15, -0.1) is 12.4 Å². The van der Waals surface area contributed by atoms with Crippen molar-refractivity contribution in [3.8, 4) is 0 Å². The molecule has 0 atom stereocenters. The summed E-state index contributed by atoms with van der Waals surface area (Å²) >= 11 is 0. The highest BCUT2D eigenvalue weighted by Gasteiger charge is 1.72. The highest BCUT2D eigenvalue weighted by molar-refractivity contribution is 6.32. The Morgan fingerprint density at radius 3 is 1.67 bits per heavy atom. The van der Waals surface area contributed by atoms with Crippen molar-refractivity contribution in [1.82, 2.24) is 0 Å². The molecule has 1 rings (SSSR count). The van der Waals surface area contributed by atoms with Crippen LogP contribution in [-0.4, -0.2) is 21.2 Å². The van der Waals surface area contributed by atoms with Gasteiger partial charge in [0.05, 0.1) is 0 Å². The second kappa shape index (κ2) is 6.07. The van der Waals surface area contributed by atoms with Crippen LogP contribution in [0.1, 0.15) is 0 Å². The molecule has 9 heavy (non-hydrogen) atoms. The molecule has 0 aliphatic rings. The molecule has 1 aromatic rings. The lowest BCUT2D eigenvalue weighted by molar-refractivity contribution is 1.78. The van der Waals surface area contributed by atoms with Gasteiger partial charge < -0.3 is 0 Å². The molecule has 0 N–H and O–H groups in total. The van der Waals surface area contributed by atoms with E-state index in [0.29, 0.717) is 0 Å². The third-order valence-electron chi connectivity index (χ3n) is 0.940. The molecule has 0 heterocycles. The molecule has 0 saturated heterocycles. The summed E-state index contributed by atoms with van der Waals surface area (Å²) in [6.07, 6.45) is 0. The van der Waals surface area contributed by atoms with Gasteiger partial charge in [-0.1, -0.05) is 35.5 Å². The van der Waals surface area contributed by atoms with E-state index in [9.17, 15) is 0 Å². The fourth-order valence-corrected chi connectivity index (χ4v) is 0.919. The van der Waals surface area contributed by atoms with Gasteiger partial charge >= 0.3 is 0 Å². The Kier molecular flexibility index (Phi) is 7.89. The van der Waals surface area contributed by atoms with E-state index in [1.165, 1.54) is 15.4 Å². The summed E-state index contributed by atoms with van der Waals surface area (Å²) in [4.78, 5) is 0. The van der Waals surface area contributed by atoms with E-state index in [0.717, 1.165) is 0 Å². The van der Waals surface area contributed by atoms with Gasteiger partial charge in [0.2, 0.25) is 0 Å². The van der Waals surface area contributed by atoms with E-state index in [1.54, 1.807) is 0 Å². The van der Waals surface area contributed by atoms with Crippen LogP contribution in [0.4, 0.5) is 0 Å². The zero-order chi connectivity index (χ0) is 5.11. The van der Waals surface area contributed by atoms with Crippen molar-refractivity contribution >= 4 is 38.8 Å². The van der Waals surface area contributed by atoms with Crippen LogP contribution in [0, 0.1) is 0 Å². The first kappa shape index (κ1) is 11.7. The molecule has 0 bridgehead atoms. The Bertz CT molecular complexity index is 141. The van der Waals surface area contributed by atoms with Crippen molar-refractivity contribution in [2.75, 3.05) is 0 Å². The molecule has 0 aliphatic heterocycles. The van der Waals surface area contributed by atoms with Crippen LogP contribution in [0.5, 0.6) is 0 Å². The molecule has 0 spiro atoms. The van der Waals surface area contributed by atoms with E-state index in [4.69, 9.17) is 0 Å². The average molecular weight is 177 g/mol. The zero-order valence-corrected chi connectivity index (χ0v) is 7.61. The standard InChI is InChI=1S/C6H8Si.ClH.H4Si/c7-6-4-2-1-3-5-6;;/h1-5H,7H3;1H;1H4. The smallest absolute Gasteiger partial charge is 0.0384 e. The maximum absolute atomic E-state index is 2.15. The van der Waals surface area contributed by atoms with Crippen LogP contribution in [0.3, 0.4) is 0 Å². The van der Waals surface area contributed by atoms with E-state index in [-0.39, 0.29) is 23.4 Å². The molecule has 3 heteroatoms. The van der Waals surface area contributed by atoms with Gasteiger partial charge in [-0.3, -0.25) is 0 Å². The minimum atomic E-state index is 0. The van der Waals surface area contributed by atoms with Crippen molar-refractivity contribution in [1.29, 1.82) is 0 Å². The van der Waals surface area contributed by atoms with Crippen molar-refractivity contribution in [3.05, 3.63) is 30.3 Å². The molecule has 0 amide bonds. The Labute approximate surface area is 69.5 Å². The highest BCUT2D eigenvalue weighted by atomic mass is 35.5. The fraction of sp³-hybridized carbons (Fsp3) is 0. The second-order valence-electron chi connectivity index (χ2n) is 1.65. The Balaban J connectivity index is 0. The van der Waals surface area contributed by atoms with Gasteiger partial charge in [0.1, 0.15) is 0 Å². The van der Waals surface area contributed by atoms with E-state index >= 15 is 0 Å². The molecule has 52 valence electrons. The first-order chi connectivity index (χ1) is 3.39. The molecule has 0 aromatic heterocycles. The molecule has 0 fully saturated rings. The van der Waals surface area contributed by atoms with Crippen LogP contribution in [0.25, 0.3) is 0 Å². The number of benzene rings is 1. The van der Waals surface area contributed by atoms with Crippen molar-refractivity contribution in [3.63, 3.8) is 0 Å². The molecular formula is C6H13ClSi2. The lowest BCUT2D eigenvalue weighted by atomic mass is 10.4. The summed E-state index contributed by atoms with van der Waals surface area (Å²) in [5, 5.41) is 1.46. The lowest BCUT2D eigenvalue weighted by Crippen LogP contribution is -1.97. The van der Waals surface area contributed by atoms with E-state index in [1.807, 2.05) is 6.07 Å². The number of rotatable bonds is 0. The van der Waals surface area contributed by atoms with Crippen LogP contribution in [0.2, 0.25) is 0 Å². The average Bonchev–Trinajstić information content (AvgIpc) is 1.69. The minimum absolute atomic E-state index is 0. The normalized spacial score (nSPS) is 7.11. The number of halogens is 1. The Morgan fingerprint density at radius 2 is 1.44 bits per heavy atom. The molecule has 0 aliphatic carbocycles. The first-order valence-electron chi connectivity index (χ1n) is 2.41. The maximum atomic E-state index is 2.15. The van der Waals surface area contributed by atoms with E-state index in [2.05, 4.69) is 24.3 Å². The van der Waals surface area contributed by atoms with Crippen molar-refractivity contribution in [2.24, 2.45) is 0 Å². The predicted molar refractivity (Wildman–Crippen MR) is 54.6 cm³/mol. The third-order valence-corrected chi connectivity index (χ3v) is 1.61. The van der Waals surface area contributed by atoms with Crippen LogP contribution in [-0.2, 0) is 0 Å². The summed E-state index contributed by atoms with van der Waals surface area (Å²) < 4.78 is 0. The molecule has 1 aromatic carbocycles. The molecule has 0 radical (unpaired) electrons. The minimum Gasteiger partial charge on any atom is -0.147 e. The third kappa shape index (κ3) is 4.45. The molecule has 0 nitrogen and oxygen atoms in total. The largest absolute Gasteiger partial charge is 0.147 e. The molecule has 0 unspecified atom stereocenters. The topological polar surface area (TPSA) is 0 Å². The monoisotopic (exact) mass is 176 g/mol. The SMILES string of the molecule is Cl.[SiH3]c1ccccc1.[SiH4]. The van der Waals surface area contributed by atoms with Crippen LogP contribution in [0.15, 0.2) is 30.3 Å². The van der Waals surface area contributed by atoms with Crippen LogP contribution < -0.4 is 5.19 Å². The van der Waals surface area contributed by atoms with Crippen LogP contribution >= 0.6 is 12.4 Å². The predicted octanol–water partition coefficient (Wildman–Crippen LogP) is -1.35. The summed E-state index contributed by atoms with van der Waals surface area (Å²) in [6, 6.07) is 10.5. The Morgan fingerprint density at radius 1 is 1.00 bits per heavy atom. The van der Waals surface area contributed by atoms with Gasteiger partial charge in [-0.05, 0) is 11.0 Å². The van der Waals surface area contributed by atoms with Gasteiger partial charge in [0.25, 0.3) is 0 Å². The maximum Gasteiger partial charge on any atom is 0.0384 e. The lowest BCUT2D eigenvalue weighted by Gasteiger charge is -1.82. The van der Waals surface area contributed by atoms with Gasteiger partial charge in [-0.25, -0.2) is 0 Å². The summed E-state index contributed by atoms with van der Waals surface area (Å²) in [5.41, 5.74) is 0. The number of hydrogen-bond donors (Lipinski definition) is 0. The second-order valence-corrected chi connectivity index (χ2v) is 2.81. The summed E-state index contributed by atoms with van der Waals surface area (Å²) in [6.45, 7) is 0. The van der Waals surface area contributed by atoms with Gasteiger partial charge in [0, 0.05) is 10.2 Å². The Hall–Kier alpha value is -0.0562. The quantitative estimate of drug-likeness (QED) is 0.429. The zero-order valence-electron chi connectivity index (χ0n) is 4.79. The van der Waals surface area contributed by atoms with Crippen molar-refractivity contribution < 1.29 is 0 Å². The summed E-state index contributed by atoms with van der Waals surface area (Å²) in [7, 11) is 1.17. The first-order valence-corrected chi connectivity index (χ1v) is 3.41. The van der Waals surface area contributed by atoms with E-state index < -0.39 is 0 Å². The highest BCUT2D eigenvalue weighted by Crippen LogP contribution is 1.76. The molecule has 0 saturated carbocycles. The van der Waals surface area contributed by atoms with Gasteiger partial charge in [-0.2, -0.15) is 0 Å². The molecular weight excluding hydrogens is 164 g/mol. The summed E-state index contributed by atoms with van der Waals surface area (Å²) in [5.74, 6) is 0.